The van der Waals surface area contributed by atoms with Crippen molar-refractivity contribution in [1.29, 1.82) is 5.26 Å². The number of nitriles is 1. The topological polar surface area (TPSA) is 70.0 Å². The smallest absolute Gasteiger partial charge is 0.283 e. The normalized spacial score (nSPS) is 11.8. The van der Waals surface area contributed by atoms with Crippen molar-refractivity contribution in [3.63, 3.8) is 0 Å². The molecule has 0 bridgehead atoms. The number of anilines is 1. The number of hydrogen-bond acceptors (Lipinski definition) is 3. The lowest BCUT2D eigenvalue weighted by molar-refractivity contribution is -0.137. The molecule has 1 N–H and O–H groups in total. The minimum Gasteiger partial charge on any atom is -0.283 e. The molecule has 0 spiro atoms. The second kappa shape index (κ2) is 6.53. The Labute approximate surface area is 137 Å². The molecular weight excluding hydrogens is 341 g/mol. The molecule has 0 aliphatic carbocycles. The Morgan fingerprint density at radius 2 is 1.75 bits per heavy atom. The van der Waals surface area contributed by atoms with E-state index in [2.05, 4.69) is 4.72 Å². The maximum absolute atomic E-state index is 12.9. The van der Waals surface area contributed by atoms with E-state index in [1.165, 1.54) is 6.07 Å². The summed E-state index contributed by atoms with van der Waals surface area (Å²) >= 11 is 0. The molecule has 0 aromatic heterocycles. The minimum atomic E-state index is -4.75. The van der Waals surface area contributed by atoms with Gasteiger partial charge in [0.05, 0.1) is 22.9 Å². The van der Waals surface area contributed by atoms with Gasteiger partial charge in [0, 0.05) is 5.69 Å². The summed E-state index contributed by atoms with van der Waals surface area (Å²) in [6, 6.07) is 10.9. The molecule has 0 atom stereocenters. The van der Waals surface area contributed by atoms with Crippen LogP contribution in [0.4, 0.5) is 18.9 Å². The average Bonchev–Trinajstić information content (AvgIpc) is 2.48. The number of nitrogens with one attached hydrogen (secondary N) is 1. The molecule has 24 heavy (non-hydrogen) atoms. The SMILES string of the molecule is Cc1ccc(CS(=O)(=O)Nc2ccc(C#N)c(C(F)(F)F)c2)cc1. The van der Waals surface area contributed by atoms with Crippen LogP contribution in [0.2, 0.25) is 0 Å². The molecule has 2 aromatic carbocycles. The standard InChI is InChI=1S/C16H13F3N2O2S/c1-11-2-4-12(5-3-11)10-24(22,23)21-14-7-6-13(9-20)15(8-14)16(17,18)19/h2-8,21H,10H2,1H3. The molecule has 126 valence electrons. The Bertz CT molecular complexity index is 883. The van der Waals surface area contributed by atoms with Crippen molar-refractivity contribution in [2.24, 2.45) is 0 Å². The first-order chi connectivity index (χ1) is 11.1. The molecule has 4 nitrogen and oxygen atoms in total. The number of halogens is 3. The first-order valence-electron chi connectivity index (χ1n) is 6.78. The van der Waals surface area contributed by atoms with E-state index in [-0.39, 0.29) is 11.4 Å². The highest BCUT2D eigenvalue weighted by Gasteiger charge is 2.34. The highest BCUT2D eigenvalue weighted by Crippen LogP contribution is 2.33. The summed E-state index contributed by atoms with van der Waals surface area (Å²) in [5.74, 6) is -0.366. The predicted molar refractivity (Wildman–Crippen MR) is 83.6 cm³/mol. The van der Waals surface area contributed by atoms with Gasteiger partial charge in [0.2, 0.25) is 10.0 Å². The van der Waals surface area contributed by atoms with Crippen LogP contribution >= 0.6 is 0 Å². The molecule has 0 aliphatic heterocycles. The lowest BCUT2D eigenvalue weighted by atomic mass is 10.1. The molecule has 0 saturated carbocycles. The molecule has 0 unspecified atom stereocenters. The van der Waals surface area contributed by atoms with Crippen molar-refractivity contribution in [1.82, 2.24) is 0 Å². The number of alkyl halides is 3. The minimum absolute atomic E-state index is 0.242. The van der Waals surface area contributed by atoms with Crippen LogP contribution in [0.15, 0.2) is 42.5 Å². The van der Waals surface area contributed by atoms with Gasteiger partial charge in [0.15, 0.2) is 0 Å². The number of rotatable bonds is 4. The second-order valence-corrected chi connectivity index (χ2v) is 6.94. The van der Waals surface area contributed by atoms with Crippen LogP contribution in [0.5, 0.6) is 0 Å². The van der Waals surface area contributed by atoms with E-state index < -0.39 is 27.3 Å². The van der Waals surface area contributed by atoms with Gasteiger partial charge in [0.25, 0.3) is 0 Å². The van der Waals surface area contributed by atoms with Crippen LogP contribution in [0.3, 0.4) is 0 Å². The van der Waals surface area contributed by atoms with Crippen LogP contribution in [0, 0.1) is 18.3 Å². The summed E-state index contributed by atoms with van der Waals surface area (Å²) in [6.07, 6.45) is -4.75. The van der Waals surface area contributed by atoms with Crippen LogP contribution < -0.4 is 4.72 Å². The van der Waals surface area contributed by atoms with Crippen molar-refractivity contribution >= 4 is 15.7 Å². The first kappa shape index (κ1) is 17.8. The second-order valence-electron chi connectivity index (χ2n) is 5.22. The van der Waals surface area contributed by atoms with Crippen molar-refractivity contribution in [2.45, 2.75) is 18.9 Å². The van der Waals surface area contributed by atoms with Gasteiger partial charge < -0.3 is 0 Å². The molecular formula is C16H13F3N2O2S. The van der Waals surface area contributed by atoms with Crippen LogP contribution in [-0.4, -0.2) is 8.42 Å². The highest BCUT2D eigenvalue weighted by molar-refractivity contribution is 7.91. The van der Waals surface area contributed by atoms with Gasteiger partial charge in [-0.3, -0.25) is 4.72 Å². The van der Waals surface area contributed by atoms with Crippen LogP contribution in [-0.2, 0) is 22.0 Å². The Balaban J connectivity index is 2.27. The largest absolute Gasteiger partial charge is 0.417 e. The predicted octanol–water partition coefficient (Wildman–Crippen LogP) is 3.83. The average molecular weight is 354 g/mol. The van der Waals surface area contributed by atoms with E-state index in [9.17, 15) is 21.6 Å². The number of aryl methyl sites for hydroxylation is 1. The van der Waals surface area contributed by atoms with E-state index in [0.29, 0.717) is 11.6 Å². The maximum atomic E-state index is 12.9. The lowest BCUT2D eigenvalue weighted by Gasteiger charge is -2.13. The van der Waals surface area contributed by atoms with Gasteiger partial charge in [-0.1, -0.05) is 29.8 Å². The molecule has 0 fully saturated rings. The van der Waals surface area contributed by atoms with Gasteiger partial charge >= 0.3 is 6.18 Å². The van der Waals surface area contributed by atoms with Crippen molar-refractivity contribution in [3.05, 3.63) is 64.7 Å². The van der Waals surface area contributed by atoms with E-state index in [1.54, 1.807) is 24.3 Å². The van der Waals surface area contributed by atoms with E-state index >= 15 is 0 Å². The van der Waals surface area contributed by atoms with Gasteiger partial charge in [-0.2, -0.15) is 18.4 Å². The van der Waals surface area contributed by atoms with Crippen LogP contribution in [0.25, 0.3) is 0 Å². The molecule has 0 saturated heterocycles. The molecule has 8 heteroatoms. The zero-order chi connectivity index (χ0) is 18.0. The number of benzene rings is 2. The molecule has 0 aliphatic rings. The van der Waals surface area contributed by atoms with Crippen molar-refractivity contribution in [2.75, 3.05) is 4.72 Å². The third-order valence-electron chi connectivity index (χ3n) is 3.20. The summed E-state index contributed by atoms with van der Waals surface area (Å²) < 4.78 is 65.0. The van der Waals surface area contributed by atoms with Crippen LogP contribution in [0.1, 0.15) is 22.3 Å². The summed E-state index contributed by atoms with van der Waals surface area (Å²) in [7, 11) is -3.88. The Kier molecular flexibility index (Phi) is 4.85. The highest BCUT2D eigenvalue weighted by atomic mass is 32.2. The summed E-state index contributed by atoms with van der Waals surface area (Å²) in [5.41, 5.74) is -0.512. The molecule has 2 aromatic rings. The Morgan fingerprint density at radius 1 is 1.12 bits per heavy atom. The van der Waals surface area contributed by atoms with Crippen molar-refractivity contribution < 1.29 is 21.6 Å². The van der Waals surface area contributed by atoms with E-state index in [4.69, 9.17) is 5.26 Å². The zero-order valence-corrected chi connectivity index (χ0v) is 13.4. The number of sulfonamides is 1. The Morgan fingerprint density at radius 3 is 2.29 bits per heavy atom. The third-order valence-corrected chi connectivity index (χ3v) is 4.46. The van der Waals surface area contributed by atoms with E-state index in [1.807, 2.05) is 6.92 Å². The number of nitrogens with zero attached hydrogens (tertiary/aromatic N) is 1. The summed E-state index contributed by atoms with van der Waals surface area (Å²) in [6.45, 7) is 1.85. The van der Waals surface area contributed by atoms with Gasteiger partial charge in [-0.15, -0.1) is 0 Å². The van der Waals surface area contributed by atoms with Gasteiger partial charge in [-0.25, -0.2) is 8.42 Å². The zero-order valence-electron chi connectivity index (χ0n) is 12.6. The fourth-order valence-electron chi connectivity index (χ4n) is 2.06. The molecule has 2 rings (SSSR count). The first-order valence-corrected chi connectivity index (χ1v) is 8.43. The Hall–Kier alpha value is -2.53. The maximum Gasteiger partial charge on any atom is 0.417 e. The lowest BCUT2D eigenvalue weighted by Crippen LogP contribution is -2.16. The van der Waals surface area contributed by atoms with Gasteiger partial charge in [-0.05, 0) is 30.7 Å². The molecule has 0 heterocycles. The molecule has 0 radical (unpaired) electrons. The molecule has 0 amide bonds. The quantitative estimate of drug-likeness (QED) is 0.907. The van der Waals surface area contributed by atoms with Gasteiger partial charge in [0.1, 0.15) is 0 Å². The number of hydrogen-bond donors (Lipinski definition) is 1. The third kappa shape index (κ3) is 4.49. The fraction of sp³-hybridized carbons (Fsp3) is 0.188. The monoisotopic (exact) mass is 354 g/mol. The summed E-state index contributed by atoms with van der Waals surface area (Å²) in [4.78, 5) is 0. The summed E-state index contributed by atoms with van der Waals surface area (Å²) in [5, 5.41) is 8.73. The van der Waals surface area contributed by atoms with E-state index in [0.717, 1.165) is 17.7 Å². The fourth-order valence-corrected chi connectivity index (χ4v) is 3.25. The van der Waals surface area contributed by atoms with Crippen molar-refractivity contribution in [3.8, 4) is 6.07 Å².